The third-order valence-corrected chi connectivity index (χ3v) is 6.42. The second-order valence-corrected chi connectivity index (χ2v) is 10.0. The van der Waals surface area contributed by atoms with Gasteiger partial charge in [-0.1, -0.05) is 38.1 Å². The Bertz CT molecular complexity index is 1130. The number of anilines is 1. The Hall–Kier alpha value is -2.73. The average Bonchev–Trinajstić information content (AvgIpc) is 2.68. The van der Waals surface area contributed by atoms with Crippen molar-refractivity contribution in [2.75, 3.05) is 5.32 Å². The van der Waals surface area contributed by atoms with Crippen molar-refractivity contribution in [1.29, 1.82) is 0 Å². The number of hydrogen-bond donors (Lipinski definition) is 2. The van der Waals surface area contributed by atoms with Gasteiger partial charge in [0.15, 0.2) is 5.78 Å². The molecule has 31 heavy (non-hydrogen) atoms. The Balaban J connectivity index is 1.81. The summed E-state index contributed by atoms with van der Waals surface area (Å²) < 4.78 is 0.836. The van der Waals surface area contributed by atoms with E-state index in [0.717, 1.165) is 33.4 Å². The van der Waals surface area contributed by atoms with Crippen molar-refractivity contribution < 1.29 is 9.59 Å². The van der Waals surface area contributed by atoms with E-state index in [1.165, 1.54) is 0 Å². The zero-order chi connectivity index (χ0) is 22.3. The summed E-state index contributed by atoms with van der Waals surface area (Å²) in [4.78, 5) is 31.1. The molecule has 0 saturated carbocycles. The molecule has 0 fully saturated rings. The first-order valence-electron chi connectivity index (χ1n) is 10.4. The van der Waals surface area contributed by atoms with E-state index >= 15 is 0 Å². The van der Waals surface area contributed by atoms with Gasteiger partial charge in [0.25, 0.3) is 5.91 Å². The average molecular weight is 480 g/mol. The molecule has 1 aromatic heterocycles. The predicted molar refractivity (Wildman–Crippen MR) is 125 cm³/mol. The molecule has 2 aliphatic rings. The highest BCUT2D eigenvalue weighted by atomic mass is 79.9. The number of nitrogens with zero attached hydrogens (tertiary/aromatic N) is 1. The summed E-state index contributed by atoms with van der Waals surface area (Å²) in [6.07, 6.45) is 2.89. The van der Waals surface area contributed by atoms with E-state index in [0.29, 0.717) is 23.4 Å². The number of rotatable bonds is 3. The third-order valence-electron chi connectivity index (χ3n) is 5.95. The molecule has 2 heterocycles. The van der Waals surface area contributed by atoms with E-state index in [1.807, 2.05) is 44.2 Å². The molecule has 1 aliphatic carbocycles. The summed E-state index contributed by atoms with van der Waals surface area (Å²) in [5.74, 6) is -0.0896. The number of ketones is 1. The fraction of sp³-hybridized carbons (Fsp3) is 0.320. The van der Waals surface area contributed by atoms with Crippen molar-refractivity contribution >= 4 is 33.4 Å². The van der Waals surface area contributed by atoms with Crippen LogP contribution in [0.15, 0.2) is 69.6 Å². The lowest BCUT2D eigenvalue weighted by Crippen LogP contribution is -2.39. The largest absolute Gasteiger partial charge is 0.362 e. The number of nitrogens with one attached hydrogen (secondary N) is 2. The van der Waals surface area contributed by atoms with Crippen LogP contribution in [0.1, 0.15) is 50.7 Å². The molecule has 0 saturated heterocycles. The third kappa shape index (κ3) is 4.22. The van der Waals surface area contributed by atoms with Crippen LogP contribution in [0.25, 0.3) is 0 Å². The van der Waals surface area contributed by atoms with Gasteiger partial charge in [-0.3, -0.25) is 9.59 Å². The molecular formula is C25H26BrN3O2. The molecule has 0 spiro atoms. The van der Waals surface area contributed by atoms with E-state index in [2.05, 4.69) is 45.4 Å². The van der Waals surface area contributed by atoms with Gasteiger partial charge < -0.3 is 10.6 Å². The number of aromatic nitrogens is 1. The molecule has 4 rings (SSSR count). The second-order valence-electron chi connectivity index (χ2n) is 9.10. The van der Waals surface area contributed by atoms with Crippen LogP contribution < -0.4 is 10.6 Å². The van der Waals surface area contributed by atoms with Gasteiger partial charge in [-0.15, -0.1) is 0 Å². The first-order valence-corrected chi connectivity index (χ1v) is 11.2. The molecule has 0 bridgehead atoms. The molecule has 1 atom stereocenters. The van der Waals surface area contributed by atoms with E-state index in [9.17, 15) is 9.59 Å². The summed E-state index contributed by atoms with van der Waals surface area (Å²) >= 11 is 3.36. The van der Waals surface area contributed by atoms with Crippen molar-refractivity contribution in [2.24, 2.45) is 5.41 Å². The van der Waals surface area contributed by atoms with Gasteiger partial charge in [0, 0.05) is 45.5 Å². The molecule has 1 aliphatic heterocycles. The maximum atomic E-state index is 13.5. The summed E-state index contributed by atoms with van der Waals surface area (Å²) in [7, 11) is 0. The summed E-state index contributed by atoms with van der Waals surface area (Å²) in [5, 5.41) is 6.31. The van der Waals surface area contributed by atoms with Crippen molar-refractivity contribution in [1.82, 2.24) is 10.3 Å². The van der Waals surface area contributed by atoms with E-state index in [-0.39, 0.29) is 17.1 Å². The van der Waals surface area contributed by atoms with Crippen molar-refractivity contribution in [3.8, 4) is 0 Å². The molecule has 160 valence electrons. The van der Waals surface area contributed by atoms with Crippen molar-refractivity contribution in [2.45, 2.75) is 46.5 Å². The van der Waals surface area contributed by atoms with E-state index < -0.39 is 5.92 Å². The Morgan fingerprint density at radius 2 is 1.90 bits per heavy atom. The minimum absolute atomic E-state index is 0.103. The molecule has 1 aromatic carbocycles. The highest BCUT2D eigenvalue weighted by Crippen LogP contribution is 2.47. The number of dihydropyridines is 1. The Labute approximate surface area is 191 Å². The number of aryl methyl sites for hydroxylation is 1. The zero-order valence-corrected chi connectivity index (χ0v) is 19.8. The number of halogens is 1. The number of hydrogen-bond acceptors (Lipinski definition) is 4. The number of Topliss-reactive ketones (excluding diaryl/α,β-unsaturated/α-hetero) is 1. The molecule has 0 radical (unpaired) electrons. The lowest BCUT2D eigenvalue weighted by atomic mass is 9.68. The number of carbonyl (C=O) groups is 2. The number of amides is 1. The van der Waals surface area contributed by atoms with E-state index in [4.69, 9.17) is 0 Å². The molecule has 5 nitrogen and oxygen atoms in total. The molecule has 2 N–H and O–H groups in total. The van der Waals surface area contributed by atoms with E-state index in [1.54, 1.807) is 12.3 Å². The van der Waals surface area contributed by atoms with Crippen molar-refractivity contribution in [3.63, 3.8) is 0 Å². The summed E-state index contributed by atoms with van der Waals surface area (Å²) in [6, 6.07) is 11.6. The molecule has 2 aromatic rings. The Morgan fingerprint density at radius 1 is 1.16 bits per heavy atom. The SMILES string of the molecule is CC1=C(C(=O)Nc2ccc(Br)cn2)[C@@H](c2ccccc2C)C2=C(CC(C)(C)CC2=O)N1. The van der Waals surface area contributed by atoms with Gasteiger partial charge >= 0.3 is 0 Å². The Morgan fingerprint density at radius 3 is 2.58 bits per heavy atom. The van der Waals surface area contributed by atoms with Crippen LogP contribution >= 0.6 is 15.9 Å². The fourth-order valence-electron chi connectivity index (χ4n) is 4.59. The molecule has 1 amide bonds. The molecule has 0 unspecified atom stereocenters. The van der Waals surface area contributed by atoms with Gasteiger partial charge in [-0.2, -0.15) is 0 Å². The minimum atomic E-state index is -0.406. The lowest BCUT2D eigenvalue weighted by Gasteiger charge is -2.40. The number of carbonyl (C=O) groups excluding carboxylic acids is 2. The maximum absolute atomic E-state index is 13.5. The van der Waals surface area contributed by atoms with Crippen LogP contribution in [-0.2, 0) is 9.59 Å². The number of pyridine rings is 1. The van der Waals surface area contributed by atoms with Gasteiger partial charge in [0.05, 0.1) is 0 Å². The smallest absolute Gasteiger partial charge is 0.255 e. The molecule has 6 heteroatoms. The van der Waals surface area contributed by atoms with Crippen LogP contribution in [-0.4, -0.2) is 16.7 Å². The fourth-order valence-corrected chi connectivity index (χ4v) is 4.83. The highest BCUT2D eigenvalue weighted by molar-refractivity contribution is 9.10. The number of allylic oxidation sites excluding steroid dienone is 3. The predicted octanol–water partition coefficient (Wildman–Crippen LogP) is 5.40. The van der Waals surface area contributed by atoms with Gasteiger partial charge in [-0.05, 0) is 64.9 Å². The topological polar surface area (TPSA) is 71.1 Å². The minimum Gasteiger partial charge on any atom is -0.362 e. The Kier molecular flexibility index (Phi) is 5.60. The van der Waals surface area contributed by atoms with Gasteiger partial charge in [-0.25, -0.2) is 4.98 Å². The quantitative estimate of drug-likeness (QED) is 0.618. The number of benzene rings is 1. The zero-order valence-electron chi connectivity index (χ0n) is 18.2. The van der Waals surface area contributed by atoms with Gasteiger partial charge in [0.2, 0.25) is 0 Å². The first-order chi connectivity index (χ1) is 14.7. The van der Waals surface area contributed by atoms with Crippen LogP contribution in [0, 0.1) is 12.3 Å². The monoisotopic (exact) mass is 479 g/mol. The van der Waals surface area contributed by atoms with Crippen LogP contribution in [0.2, 0.25) is 0 Å². The van der Waals surface area contributed by atoms with Gasteiger partial charge in [0.1, 0.15) is 5.82 Å². The maximum Gasteiger partial charge on any atom is 0.255 e. The first kappa shape index (κ1) is 21.5. The highest BCUT2D eigenvalue weighted by Gasteiger charge is 2.43. The normalized spacial score (nSPS) is 20.3. The van der Waals surface area contributed by atoms with Crippen LogP contribution in [0.5, 0.6) is 0 Å². The van der Waals surface area contributed by atoms with Crippen LogP contribution in [0.4, 0.5) is 5.82 Å². The van der Waals surface area contributed by atoms with Crippen LogP contribution in [0.3, 0.4) is 0 Å². The van der Waals surface area contributed by atoms with Crippen molar-refractivity contribution in [3.05, 3.63) is 80.7 Å². The second kappa shape index (κ2) is 8.08. The lowest BCUT2D eigenvalue weighted by molar-refractivity contribution is -0.118. The summed E-state index contributed by atoms with van der Waals surface area (Å²) in [5.41, 5.74) is 4.91. The standard InChI is InChI=1S/C25H26BrN3O2/c1-14-7-5-6-8-17(14)22-21(24(31)29-20-10-9-16(26)13-27-20)15(2)28-18-11-25(3,4)12-19(30)23(18)22/h5-10,13,22,28H,11-12H2,1-4H3,(H,27,29,31)/t22-/m1/s1. The summed E-state index contributed by atoms with van der Waals surface area (Å²) in [6.45, 7) is 8.15. The molecular weight excluding hydrogens is 454 g/mol.